The molecule has 0 unspecified atom stereocenters. The monoisotopic (exact) mass is 453 g/mol. The van der Waals surface area contributed by atoms with Crippen LogP contribution >= 0.6 is 0 Å². The van der Waals surface area contributed by atoms with Gasteiger partial charge in [-0.1, -0.05) is 18.2 Å². The van der Waals surface area contributed by atoms with E-state index in [1.165, 1.54) is 18.2 Å². The highest BCUT2D eigenvalue weighted by molar-refractivity contribution is 7.89. The molecule has 1 atom stereocenters. The molecule has 2 amide bonds. The molecule has 1 heterocycles. The standard InChI is InChI=1S/C20H21F2N3O5S/c21-15-6-8-16(9-7-15)31(28,29)25-10-3-11-30-18(25)13-24-20(27)19(26)23-12-14-4-1-2-5-17(14)22/h1-2,4-9,18H,3,10-13H2,(H,23,26)(H,24,27)/t18-/m0/s1. The predicted molar refractivity (Wildman–Crippen MR) is 106 cm³/mol. The Hall–Kier alpha value is -2.89. The third kappa shape index (κ3) is 5.63. The summed E-state index contributed by atoms with van der Waals surface area (Å²) >= 11 is 0. The zero-order chi connectivity index (χ0) is 22.4. The number of nitrogens with zero attached hydrogens (tertiary/aromatic N) is 1. The molecule has 2 aromatic carbocycles. The Labute approximate surface area is 178 Å². The second-order valence-corrected chi connectivity index (χ2v) is 8.62. The molecule has 31 heavy (non-hydrogen) atoms. The quantitative estimate of drug-likeness (QED) is 0.639. The van der Waals surface area contributed by atoms with Gasteiger partial charge in [0.15, 0.2) is 0 Å². The average molecular weight is 453 g/mol. The van der Waals surface area contributed by atoms with Gasteiger partial charge >= 0.3 is 11.8 Å². The van der Waals surface area contributed by atoms with Gasteiger partial charge in [0.1, 0.15) is 17.9 Å². The molecule has 3 rings (SSSR count). The third-order valence-corrected chi connectivity index (χ3v) is 6.52. The summed E-state index contributed by atoms with van der Waals surface area (Å²) in [5, 5.41) is 4.63. The van der Waals surface area contributed by atoms with Crippen LogP contribution in [0.1, 0.15) is 12.0 Å². The number of nitrogens with one attached hydrogen (secondary N) is 2. The summed E-state index contributed by atoms with van der Waals surface area (Å²) in [6, 6.07) is 10.2. The lowest BCUT2D eigenvalue weighted by Crippen LogP contribution is -2.53. The highest BCUT2D eigenvalue weighted by Crippen LogP contribution is 2.22. The van der Waals surface area contributed by atoms with Gasteiger partial charge in [0.25, 0.3) is 0 Å². The molecule has 1 aliphatic heterocycles. The molecule has 166 valence electrons. The molecule has 0 bridgehead atoms. The Morgan fingerprint density at radius 2 is 1.71 bits per heavy atom. The fourth-order valence-corrected chi connectivity index (χ4v) is 4.57. The smallest absolute Gasteiger partial charge is 0.309 e. The van der Waals surface area contributed by atoms with Gasteiger partial charge in [-0.2, -0.15) is 4.31 Å². The summed E-state index contributed by atoms with van der Waals surface area (Å²) in [7, 11) is -4.00. The molecular formula is C20H21F2N3O5S. The van der Waals surface area contributed by atoms with Crippen LogP contribution in [0.3, 0.4) is 0 Å². The molecule has 0 saturated carbocycles. The van der Waals surface area contributed by atoms with Crippen LogP contribution in [0, 0.1) is 11.6 Å². The topological polar surface area (TPSA) is 105 Å². The van der Waals surface area contributed by atoms with Crippen LogP contribution in [0.5, 0.6) is 0 Å². The minimum Gasteiger partial charge on any atom is -0.360 e. The lowest BCUT2D eigenvalue weighted by atomic mass is 10.2. The van der Waals surface area contributed by atoms with Crippen molar-refractivity contribution >= 4 is 21.8 Å². The van der Waals surface area contributed by atoms with Gasteiger partial charge < -0.3 is 15.4 Å². The number of hydrogen-bond acceptors (Lipinski definition) is 5. The van der Waals surface area contributed by atoms with Crippen LogP contribution in [0.25, 0.3) is 0 Å². The molecule has 11 heteroatoms. The van der Waals surface area contributed by atoms with Gasteiger partial charge in [-0.25, -0.2) is 17.2 Å². The third-order valence-electron chi connectivity index (χ3n) is 4.62. The van der Waals surface area contributed by atoms with E-state index in [1.807, 2.05) is 0 Å². The van der Waals surface area contributed by atoms with Gasteiger partial charge in [-0.05, 0) is 36.8 Å². The van der Waals surface area contributed by atoms with Crippen molar-refractivity contribution in [2.75, 3.05) is 19.7 Å². The van der Waals surface area contributed by atoms with Crippen molar-refractivity contribution in [3.63, 3.8) is 0 Å². The summed E-state index contributed by atoms with van der Waals surface area (Å²) < 4.78 is 59.0. The van der Waals surface area contributed by atoms with Crippen molar-refractivity contribution in [1.82, 2.24) is 14.9 Å². The van der Waals surface area contributed by atoms with Crippen molar-refractivity contribution < 1.29 is 31.5 Å². The Bertz CT molecular complexity index is 1050. The Kier molecular flexibility index (Phi) is 7.31. The van der Waals surface area contributed by atoms with Gasteiger partial charge in [-0.3, -0.25) is 9.59 Å². The van der Waals surface area contributed by atoms with Crippen molar-refractivity contribution in [1.29, 1.82) is 0 Å². The van der Waals surface area contributed by atoms with E-state index in [4.69, 9.17) is 4.74 Å². The van der Waals surface area contributed by atoms with E-state index in [-0.39, 0.29) is 36.7 Å². The Morgan fingerprint density at radius 1 is 1.03 bits per heavy atom. The lowest BCUT2D eigenvalue weighted by molar-refractivity contribution is -0.140. The largest absolute Gasteiger partial charge is 0.360 e. The molecule has 2 N–H and O–H groups in total. The van der Waals surface area contributed by atoms with E-state index in [1.54, 1.807) is 6.07 Å². The number of hydrogen-bond donors (Lipinski definition) is 2. The van der Waals surface area contributed by atoms with Crippen LogP contribution in [0.4, 0.5) is 8.78 Å². The SMILES string of the molecule is O=C(NCc1ccccc1F)C(=O)NC[C@@H]1OCCCN1S(=O)(=O)c1ccc(F)cc1. The van der Waals surface area contributed by atoms with Gasteiger partial charge in [0.2, 0.25) is 10.0 Å². The number of rotatable bonds is 6. The van der Waals surface area contributed by atoms with Crippen LogP contribution < -0.4 is 10.6 Å². The summed E-state index contributed by atoms with van der Waals surface area (Å²) in [5.74, 6) is -3.09. The number of carbonyl (C=O) groups excluding carboxylic acids is 2. The van der Waals surface area contributed by atoms with Gasteiger partial charge in [0.05, 0.1) is 18.0 Å². The Balaban J connectivity index is 1.59. The zero-order valence-corrected chi connectivity index (χ0v) is 17.2. The Morgan fingerprint density at radius 3 is 2.42 bits per heavy atom. The molecule has 0 radical (unpaired) electrons. The van der Waals surface area contributed by atoms with Crippen LogP contribution in [0.15, 0.2) is 53.4 Å². The maximum atomic E-state index is 13.6. The maximum absolute atomic E-state index is 13.6. The highest BCUT2D eigenvalue weighted by atomic mass is 32.2. The first-order valence-electron chi connectivity index (χ1n) is 9.47. The normalized spacial score (nSPS) is 17.2. The minimum atomic E-state index is -4.00. The first-order valence-corrected chi connectivity index (χ1v) is 10.9. The molecule has 0 aliphatic carbocycles. The zero-order valence-electron chi connectivity index (χ0n) is 16.4. The van der Waals surface area contributed by atoms with E-state index in [0.29, 0.717) is 6.42 Å². The summed E-state index contributed by atoms with van der Waals surface area (Å²) in [6.45, 7) is -0.0362. The predicted octanol–water partition coefficient (Wildman–Crippen LogP) is 1.13. The highest BCUT2D eigenvalue weighted by Gasteiger charge is 2.35. The van der Waals surface area contributed by atoms with Crippen molar-refractivity contribution in [2.24, 2.45) is 0 Å². The number of ether oxygens (including phenoxy) is 1. The molecule has 1 fully saturated rings. The lowest BCUT2D eigenvalue weighted by Gasteiger charge is -2.34. The molecular weight excluding hydrogens is 432 g/mol. The fraction of sp³-hybridized carbons (Fsp3) is 0.300. The summed E-state index contributed by atoms with van der Waals surface area (Å²) in [4.78, 5) is 23.9. The first kappa shape index (κ1) is 22.8. The number of sulfonamides is 1. The van der Waals surface area contributed by atoms with E-state index in [0.717, 1.165) is 28.6 Å². The second-order valence-electron chi connectivity index (χ2n) is 6.73. The average Bonchev–Trinajstić information content (AvgIpc) is 2.77. The van der Waals surface area contributed by atoms with E-state index < -0.39 is 39.7 Å². The fourth-order valence-electron chi connectivity index (χ4n) is 3.00. The van der Waals surface area contributed by atoms with Crippen LogP contribution in [-0.4, -0.2) is 50.5 Å². The number of amides is 2. The van der Waals surface area contributed by atoms with E-state index in [9.17, 15) is 26.8 Å². The van der Waals surface area contributed by atoms with E-state index in [2.05, 4.69) is 10.6 Å². The van der Waals surface area contributed by atoms with E-state index >= 15 is 0 Å². The van der Waals surface area contributed by atoms with Crippen molar-refractivity contribution in [3.8, 4) is 0 Å². The van der Waals surface area contributed by atoms with Crippen molar-refractivity contribution in [3.05, 3.63) is 65.7 Å². The van der Waals surface area contributed by atoms with Gasteiger partial charge in [-0.15, -0.1) is 0 Å². The molecule has 1 aliphatic rings. The van der Waals surface area contributed by atoms with Crippen LogP contribution in [-0.2, 0) is 30.9 Å². The molecule has 2 aromatic rings. The van der Waals surface area contributed by atoms with Crippen LogP contribution in [0.2, 0.25) is 0 Å². The molecule has 1 saturated heterocycles. The number of benzene rings is 2. The summed E-state index contributed by atoms with van der Waals surface area (Å²) in [5.41, 5.74) is 0.218. The summed E-state index contributed by atoms with van der Waals surface area (Å²) in [6.07, 6.45) is -0.597. The second kappa shape index (κ2) is 9.94. The molecule has 8 nitrogen and oxygen atoms in total. The molecule has 0 spiro atoms. The van der Waals surface area contributed by atoms with Crippen molar-refractivity contribution in [2.45, 2.75) is 24.1 Å². The number of carbonyl (C=O) groups is 2. The van der Waals surface area contributed by atoms with Gasteiger partial charge in [0, 0.05) is 18.7 Å². The molecule has 0 aromatic heterocycles. The minimum absolute atomic E-state index is 0.113. The maximum Gasteiger partial charge on any atom is 0.309 e. The first-order chi connectivity index (χ1) is 14.8. The number of halogens is 2.